The van der Waals surface area contributed by atoms with E-state index in [4.69, 9.17) is 4.98 Å². The standard InChI is InChI=1S/C16H23N3/c1-11(2)15-13(5)18-16(12(3)4)19(15)10-14-7-6-8-17-9-14/h6-9,11-12H,10H2,1-5H3. The van der Waals surface area contributed by atoms with Crippen molar-refractivity contribution >= 4 is 0 Å². The zero-order chi connectivity index (χ0) is 14.0. The molecule has 3 nitrogen and oxygen atoms in total. The maximum atomic E-state index is 4.77. The molecular weight excluding hydrogens is 234 g/mol. The summed E-state index contributed by atoms with van der Waals surface area (Å²) in [5, 5.41) is 0. The second-order valence-electron chi connectivity index (χ2n) is 5.70. The van der Waals surface area contributed by atoms with E-state index < -0.39 is 0 Å². The van der Waals surface area contributed by atoms with Gasteiger partial charge >= 0.3 is 0 Å². The van der Waals surface area contributed by atoms with Crippen LogP contribution in [-0.2, 0) is 6.54 Å². The van der Waals surface area contributed by atoms with E-state index >= 15 is 0 Å². The molecule has 2 aromatic heterocycles. The fraction of sp³-hybridized carbons (Fsp3) is 0.500. The highest BCUT2D eigenvalue weighted by Gasteiger charge is 2.18. The van der Waals surface area contributed by atoms with Gasteiger partial charge < -0.3 is 4.57 Å². The third-order valence-corrected chi connectivity index (χ3v) is 3.35. The third-order valence-electron chi connectivity index (χ3n) is 3.35. The summed E-state index contributed by atoms with van der Waals surface area (Å²) < 4.78 is 2.36. The Morgan fingerprint density at radius 3 is 2.42 bits per heavy atom. The molecule has 2 rings (SSSR count). The van der Waals surface area contributed by atoms with Gasteiger partial charge in [0.1, 0.15) is 5.82 Å². The monoisotopic (exact) mass is 257 g/mol. The van der Waals surface area contributed by atoms with Crippen molar-refractivity contribution in [2.75, 3.05) is 0 Å². The summed E-state index contributed by atoms with van der Waals surface area (Å²) in [5.41, 5.74) is 3.72. The van der Waals surface area contributed by atoms with E-state index in [1.54, 1.807) is 0 Å². The second kappa shape index (κ2) is 5.55. The van der Waals surface area contributed by atoms with Crippen LogP contribution in [0.2, 0.25) is 0 Å². The van der Waals surface area contributed by atoms with Crippen LogP contribution < -0.4 is 0 Å². The van der Waals surface area contributed by atoms with Gasteiger partial charge in [-0.1, -0.05) is 33.8 Å². The summed E-state index contributed by atoms with van der Waals surface area (Å²) in [5.74, 6) is 2.09. The highest BCUT2D eigenvalue weighted by Crippen LogP contribution is 2.25. The molecule has 0 atom stereocenters. The summed E-state index contributed by atoms with van der Waals surface area (Å²) in [6.07, 6.45) is 3.75. The van der Waals surface area contributed by atoms with Gasteiger partial charge in [0.15, 0.2) is 0 Å². The largest absolute Gasteiger partial charge is 0.327 e. The van der Waals surface area contributed by atoms with Crippen LogP contribution in [0.1, 0.15) is 62.3 Å². The Balaban J connectivity index is 2.47. The van der Waals surface area contributed by atoms with E-state index in [0.717, 1.165) is 12.2 Å². The van der Waals surface area contributed by atoms with Crippen molar-refractivity contribution in [3.8, 4) is 0 Å². The van der Waals surface area contributed by atoms with Gasteiger partial charge in [-0.2, -0.15) is 0 Å². The molecule has 0 aliphatic heterocycles. The molecule has 3 heteroatoms. The average molecular weight is 257 g/mol. The van der Waals surface area contributed by atoms with Crippen LogP contribution in [0.5, 0.6) is 0 Å². The van der Waals surface area contributed by atoms with Crippen molar-refractivity contribution in [1.29, 1.82) is 0 Å². The predicted octanol–water partition coefficient (Wildman–Crippen LogP) is 3.88. The molecule has 0 fully saturated rings. The topological polar surface area (TPSA) is 30.7 Å². The number of aryl methyl sites for hydroxylation is 1. The highest BCUT2D eigenvalue weighted by molar-refractivity contribution is 5.23. The van der Waals surface area contributed by atoms with E-state index in [2.05, 4.69) is 50.2 Å². The van der Waals surface area contributed by atoms with Crippen molar-refractivity contribution in [2.24, 2.45) is 0 Å². The first kappa shape index (κ1) is 13.8. The smallest absolute Gasteiger partial charge is 0.112 e. The lowest BCUT2D eigenvalue weighted by molar-refractivity contribution is 0.624. The van der Waals surface area contributed by atoms with Gasteiger partial charge in [0.2, 0.25) is 0 Å². The molecule has 102 valence electrons. The zero-order valence-corrected chi connectivity index (χ0v) is 12.5. The number of rotatable bonds is 4. The van der Waals surface area contributed by atoms with Gasteiger partial charge in [-0.3, -0.25) is 4.98 Å². The molecule has 0 radical (unpaired) electrons. The van der Waals surface area contributed by atoms with Gasteiger partial charge in [-0.05, 0) is 24.5 Å². The molecule has 0 bridgehead atoms. The van der Waals surface area contributed by atoms with Crippen LogP contribution in [0, 0.1) is 6.92 Å². The maximum Gasteiger partial charge on any atom is 0.112 e. The van der Waals surface area contributed by atoms with E-state index in [9.17, 15) is 0 Å². The van der Waals surface area contributed by atoms with Crippen LogP contribution in [0.25, 0.3) is 0 Å². The fourth-order valence-corrected chi connectivity index (χ4v) is 2.62. The normalized spacial score (nSPS) is 11.5. The summed E-state index contributed by atoms with van der Waals surface area (Å²) >= 11 is 0. The Bertz CT molecular complexity index is 539. The first-order chi connectivity index (χ1) is 9.00. The molecule has 0 saturated heterocycles. The minimum absolute atomic E-state index is 0.433. The lowest BCUT2D eigenvalue weighted by Crippen LogP contribution is -2.11. The van der Waals surface area contributed by atoms with Crippen molar-refractivity contribution < 1.29 is 0 Å². The lowest BCUT2D eigenvalue weighted by Gasteiger charge is -2.16. The van der Waals surface area contributed by atoms with Crippen LogP contribution in [-0.4, -0.2) is 14.5 Å². The van der Waals surface area contributed by atoms with Crippen LogP contribution in [0.4, 0.5) is 0 Å². The Labute approximate surface area is 115 Å². The van der Waals surface area contributed by atoms with E-state index in [1.807, 2.05) is 18.5 Å². The first-order valence-corrected chi connectivity index (χ1v) is 6.96. The molecule has 2 aromatic rings. The van der Waals surface area contributed by atoms with E-state index in [-0.39, 0.29) is 0 Å². The molecular formula is C16H23N3. The number of imidazole rings is 1. The zero-order valence-electron chi connectivity index (χ0n) is 12.5. The van der Waals surface area contributed by atoms with Gasteiger partial charge in [0.25, 0.3) is 0 Å². The quantitative estimate of drug-likeness (QED) is 0.832. The number of aromatic nitrogens is 3. The lowest BCUT2D eigenvalue weighted by atomic mass is 10.1. The number of hydrogen-bond donors (Lipinski definition) is 0. The SMILES string of the molecule is Cc1nc(C(C)C)n(Cc2cccnc2)c1C(C)C. The van der Waals surface area contributed by atoms with E-state index in [0.29, 0.717) is 11.8 Å². The predicted molar refractivity (Wildman–Crippen MR) is 78.5 cm³/mol. The van der Waals surface area contributed by atoms with Crippen LogP contribution in [0.3, 0.4) is 0 Å². The molecule has 0 amide bonds. The van der Waals surface area contributed by atoms with Crippen molar-refractivity contribution in [2.45, 2.75) is 53.0 Å². The van der Waals surface area contributed by atoms with Gasteiger partial charge in [0.05, 0.1) is 12.2 Å². The third kappa shape index (κ3) is 2.86. The Hall–Kier alpha value is -1.64. The summed E-state index contributed by atoms with van der Waals surface area (Å²) in [6.45, 7) is 11.8. The van der Waals surface area contributed by atoms with Crippen LogP contribution in [0.15, 0.2) is 24.5 Å². The molecule has 0 aliphatic rings. The Kier molecular flexibility index (Phi) is 4.03. The van der Waals surface area contributed by atoms with Gasteiger partial charge in [-0.15, -0.1) is 0 Å². The molecule has 2 heterocycles. The average Bonchev–Trinajstić information content (AvgIpc) is 2.67. The molecule has 19 heavy (non-hydrogen) atoms. The molecule has 0 saturated carbocycles. The summed E-state index contributed by atoms with van der Waals surface area (Å²) in [6, 6.07) is 4.11. The van der Waals surface area contributed by atoms with Gasteiger partial charge in [-0.25, -0.2) is 4.98 Å². The molecule has 0 aromatic carbocycles. The minimum atomic E-state index is 0.433. The fourth-order valence-electron chi connectivity index (χ4n) is 2.62. The number of pyridine rings is 1. The van der Waals surface area contributed by atoms with Crippen molar-refractivity contribution in [1.82, 2.24) is 14.5 Å². The van der Waals surface area contributed by atoms with Crippen molar-refractivity contribution in [3.63, 3.8) is 0 Å². The molecule has 0 unspecified atom stereocenters. The van der Waals surface area contributed by atoms with Crippen LogP contribution >= 0.6 is 0 Å². The second-order valence-corrected chi connectivity index (χ2v) is 5.70. The maximum absolute atomic E-state index is 4.77. The first-order valence-electron chi connectivity index (χ1n) is 6.96. The minimum Gasteiger partial charge on any atom is -0.327 e. The Morgan fingerprint density at radius 2 is 1.89 bits per heavy atom. The molecule has 0 aliphatic carbocycles. The molecule has 0 spiro atoms. The Morgan fingerprint density at radius 1 is 1.16 bits per heavy atom. The number of hydrogen-bond acceptors (Lipinski definition) is 2. The summed E-state index contributed by atoms with van der Waals surface area (Å²) in [4.78, 5) is 8.97. The van der Waals surface area contributed by atoms with Gasteiger partial charge in [0, 0.05) is 24.0 Å². The van der Waals surface area contributed by atoms with E-state index in [1.165, 1.54) is 17.1 Å². The molecule has 0 N–H and O–H groups in total. The highest BCUT2D eigenvalue weighted by atomic mass is 15.1. The summed E-state index contributed by atoms with van der Waals surface area (Å²) in [7, 11) is 0. The van der Waals surface area contributed by atoms with Crippen molar-refractivity contribution in [3.05, 3.63) is 47.3 Å². The number of nitrogens with zero attached hydrogens (tertiary/aromatic N) is 3.